The fourth-order valence-electron chi connectivity index (χ4n) is 4.55. The average Bonchev–Trinajstić information content (AvgIpc) is 3.39. The van der Waals surface area contributed by atoms with Crippen molar-refractivity contribution in [2.75, 3.05) is 6.54 Å². The number of fused-ring (bicyclic) bond motifs is 1. The number of hydrogen-bond donors (Lipinski definition) is 1. The lowest BCUT2D eigenvalue weighted by molar-refractivity contribution is -0.132. The van der Waals surface area contributed by atoms with Gasteiger partial charge in [0.15, 0.2) is 0 Å². The van der Waals surface area contributed by atoms with Crippen molar-refractivity contribution in [1.82, 2.24) is 14.9 Å². The third-order valence-corrected chi connectivity index (χ3v) is 6.22. The molecule has 4 rings (SSSR count). The predicted molar refractivity (Wildman–Crippen MR) is 118 cm³/mol. The number of rotatable bonds is 8. The Balaban J connectivity index is 1.45. The Labute approximate surface area is 173 Å². The highest BCUT2D eigenvalue weighted by atomic mass is 16.2. The Morgan fingerprint density at radius 2 is 1.97 bits per heavy atom. The van der Waals surface area contributed by atoms with E-state index in [0.29, 0.717) is 13.0 Å². The van der Waals surface area contributed by atoms with E-state index < -0.39 is 0 Å². The molecule has 0 bridgehead atoms. The third-order valence-electron chi connectivity index (χ3n) is 6.22. The van der Waals surface area contributed by atoms with Gasteiger partial charge >= 0.3 is 0 Å². The van der Waals surface area contributed by atoms with E-state index in [2.05, 4.69) is 34.4 Å². The smallest absolute Gasteiger partial charge is 0.222 e. The summed E-state index contributed by atoms with van der Waals surface area (Å²) in [5.41, 5.74) is 4.39. The number of aromatic nitrogens is 2. The van der Waals surface area contributed by atoms with Gasteiger partial charge in [-0.05, 0) is 49.4 Å². The molecule has 0 spiro atoms. The third kappa shape index (κ3) is 5.06. The molecule has 1 amide bonds. The van der Waals surface area contributed by atoms with Crippen molar-refractivity contribution in [1.29, 1.82) is 0 Å². The number of benzene rings is 1. The molecule has 4 heteroatoms. The largest absolute Gasteiger partial charge is 0.361 e. The van der Waals surface area contributed by atoms with Crippen molar-refractivity contribution in [3.05, 3.63) is 65.6 Å². The van der Waals surface area contributed by atoms with Crippen LogP contribution in [0, 0.1) is 12.8 Å². The second kappa shape index (κ2) is 9.25. The highest BCUT2D eigenvalue weighted by Crippen LogP contribution is 2.29. The minimum absolute atomic E-state index is 0.264. The summed E-state index contributed by atoms with van der Waals surface area (Å²) in [5, 5.41) is 1.25. The molecule has 0 radical (unpaired) electrons. The predicted octanol–water partition coefficient (Wildman–Crippen LogP) is 5.41. The number of para-hydroxylation sites is 1. The van der Waals surface area contributed by atoms with Crippen LogP contribution in [0.1, 0.15) is 55.5 Å². The van der Waals surface area contributed by atoms with Gasteiger partial charge in [0.2, 0.25) is 5.91 Å². The first-order valence-electron chi connectivity index (χ1n) is 10.9. The summed E-state index contributed by atoms with van der Waals surface area (Å²) in [6.07, 6.45) is 9.87. The van der Waals surface area contributed by atoms with Gasteiger partial charge in [0.05, 0.1) is 12.2 Å². The first kappa shape index (κ1) is 19.7. The number of nitrogens with zero attached hydrogens (tertiary/aromatic N) is 2. The number of carbonyl (C=O) groups excluding carboxylic acids is 1. The maximum Gasteiger partial charge on any atom is 0.222 e. The second-order valence-electron chi connectivity index (χ2n) is 8.38. The summed E-state index contributed by atoms with van der Waals surface area (Å²) in [4.78, 5) is 23.1. The van der Waals surface area contributed by atoms with Gasteiger partial charge in [0.25, 0.3) is 0 Å². The van der Waals surface area contributed by atoms with Gasteiger partial charge in [0.1, 0.15) is 0 Å². The molecule has 1 fully saturated rings. The monoisotopic (exact) mass is 389 g/mol. The second-order valence-corrected chi connectivity index (χ2v) is 8.38. The Bertz CT molecular complexity index is 955. The standard InChI is InChI=1S/C25H31N3O/c1-19-7-6-10-22(27-19)18-28(25(29)14-13-20-8-2-3-9-20)16-15-21-17-26-24-12-5-4-11-23(21)24/h4-7,10-12,17,20,26H,2-3,8-9,13-16,18H2,1H3. The maximum absolute atomic E-state index is 13.1. The Morgan fingerprint density at radius 3 is 2.79 bits per heavy atom. The van der Waals surface area contributed by atoms with Gasteiger partial charge in [-0.3, -0.25) is 9.78 Å². The first-order valence-corrected chi connectivity index (χ1v) is 10.9. The molecule has 1 N–H and O–H groups in total. The quantitative estimate of drug-likeness (QED) is 0.560. The molecule has 0 unspecified atom stereocenters. The Morgan fingerprint density at radius 1 is 1.14 bits per heavy atom. The molecule has 29 heavy (non-hydrogen) atoms. The van der Waals surface area contributed by atoms with Gasteiger partial charge in [-0.1, -0.05) is 49.9 Å². The molecule has 1 aliphatic carbocycles. The van der Waals surface area contributed by atoms with Crippen LogP contribution < -0.4 is 0 Å². The molecule has 3 aromatic rings. The van der Waals surface area contributed by atoms with Crippen molar-refractivity contribution < 1.29 is 4.79 Å². The van der Waals surface area contributed by atoms with Crippen molar-refractivity contribution in [2.24, 2.45) is 5.92 Å². The lowest BCUT2D eigenvalue weighted by atomic mass is 10.0. The van der Waals surface area contributed by atoms with E-state index in [4.69, 9.17) is 0 Å². The van der Waals surface area contributed by atoms with E-state index in [9.17, 15) is 4.79 Å². The summed E-state index contributed by atoms with van der Waals surface area (Å²) < 4.78 is 0. The van der Waals surface area contributed by atoms with Crippen LogP contribution in [-0.2, 0) is 17.8 Å². The minimum Gasteiger partial charge on any atom is -0.361 e. The maximum atomic E-state index is 13.1. The molecule has 0 aliphatic heterocycles. The number of aromatic amines is 1. The summed E-state index contributed by atoms with van der Waals surface area (Å²) in [6, 6.07) is 14.4. The van der Waals surface area contributed by atoms with Crippen LogP contribution in [0.15, 0.2) is 48.7 Å². The van der Waals surface area contributed by atoms with E-state index in [1.54, 1.807) is 0 Å². The summed E-state index contributed by atoms with van der Waals surface area (Å²) in [5.74, 6) is 1.01. The number of aryl methyl sites for hydroxylation is 1. The van der Waals surface area contributed by atoms with E-state index in [1.165, 1.54) is 36.6 Å². The Kier molecular flexibility index (Phi) is 6.28. The van der Waals surface area contributed by atoms with Crippen molar-refractivity contribution in [3.63, 3.8) is 0 Å². The van der Waals surface area contributed by atoms with Crippen LogP contribution in [0.3, 0.4) is 0 Å². The van der Waals surface area contributed by atoms with Crippen LogP contribution in [0.2, 0.25) is 0 Å². The fraction of sp³-hybridized carbons (Fsp3) is 0.440. The van der Waals surface area contributed by atoms with Gasteiger partial charge in [-0.2, -0.15) is 0 Å². The summed E-state index contributed by atoms with van der Waals surface area (Å²) in [6.45, 7) is 3.32. The van der Waals surface area contributed by atoms with Crippen molar-refractivity contribution in [3.8, 4) is 0 Å². The number of nitrogens with one attached hydrogen (secondary N) is 1. The van der Waals surface area contributed by atoms with Crippen molar-refractivity contribution >= 4 is 16.8 Å². The van der Waals surface area contributed by atoms with Crippen LogP contribution >= 0.6 is 0 Å². The zero-order valence-corrected chi connectivity index (χ0v) is 17.4. The molecule has 1 aromatic carbocycles. The molecule has 1 saturated carbocycles. The molecule has 4 nitrogen and oxygen atoms in total. The topological polar surface area (TPSA) is 49.0 Å². The average molecular weight is 390 g/mol. The molecular formula is C25H31N3O. The normalized spacial score (nSPS) is 14.5. The number of carbonyl (C=O) groups is 1. The van der Waals surface area contributed by atoms with Crippen LogP contribution in [-0.4, -0.2) is 27.3 Å². The fourth-order valence-corrected chi connectivity index (χ4v) is 4.55. The molecule has 2 aromatic heterocycles. The van der Waals surface area contributed by atoms with Gasteiger partial charge in [0, 0.05) is 35.8 Å². The SMILES string of the molecule is Cc1cccc(CN(CCc2c[nH]c3ccccc23)C(=O)CCC2CCCC2)n1. The summed E-state index contributed by atoms with van der Waals surface area (Å²) >= 11 is 0. The lowest BCUT2D eigenvalue weighted by Gasteiger charge is -2.23. The van der Waals surface area contributed by atoms with Crippen LogP contribution in [0.4, 0.5) is 0 Å². The highest BCUT2D eigenvalue weighted by molar-refractivity contribution is 5.83. The van der Waals surface area contributed by atoms with Crippen LogP contribution in [0.25, 0.3) is 10.9 Å². The van der Waals surface area contributed by atoms with E-state index in [1.807, 2.05) is 36.1 Å². The molecule has 1 aliphatic rings. The van der Waals surface area contributed by atoms with E-state index in [-0.39, 0.29) is 5.91 Å². The van der Waals surface area contributed by atoms with Gasteiger partial charge in [-0.25, -0.2) is 0 Å². The van der Waals surface area contributed by atoms with Crippen LogP contribution in [0.5, 0.6) is 0 Å². The highest BCUT2D eigenvalue weighted by Gasteiger charge is 2.20. The summed E-state index contributed by atoms with van der Waals surface area (Å²) in [7, 11) is 0. The first-order chi connectivity index (χ1) is 14.2. The molecule has 2 heterocycles. The van der Waals surface area contributed by atoms with Gasteiger partial charge in [-0.15, -0.1) is 0 Å². The molecule has 152 valence electrons. The number of hydrogen-bond acceptors (Lipinski definition) is 2. The van der Waals surface area contributed by atoms with E-state index >= 15 is 0 Å². The minimum atomic E-state index is 0.264. The molecule has 0 atom stereocenters. The number of H-pyrrole nitrogens is 1. The molecular weight excluding hydrogens is 358 g/mol. The van der Waals surface area contributed by atoms with Gasteiger partial charge < -0.3 is 9.88 Å². The van der Waals surface area contributed by atoms with E-state index in [0.717, 1.165) is 42.2 Å². The number of amides is 1. The Hall–Kier alpha value is -2.62. The zero-order valence-electron chi connectivity index (χ0n) is 17.4. The molecule has 0 saturated heterocycles. The number of pyridine rings is 1. The zero-order chi connectivity index (χ0) is 20.1. The van der Waals surface area contributed by atoms with Crippen molar-refractivity contribution in [2.45, 2.75) is 58.4 Å². The lowest BCUT2D eigenvalue weighted by Crippen LogP contribution is -2.33.